The topological polar surface area (TPSA) is 79.3 Å². The minimum Gasteiger partial charge on any atom is -0.490 e. The lowest BCUT2D eigenvalue weighted by molar-refractivity contribution is -0.127. The molecule has 1 saturated carbocycles. The highest BCUT2D eigenvalue weighted by atomic mass is 19.4. The molecule has 35 heavy (non-hydrogen) atoms. The van der Waals surface area contributed by atoms with Crippen LogP contribution < -0.4 is 14.2 Å². The third-order valence-electron chi connectivity index (χ3n) is 5.62. The van der Waals surface area contributed by atoms with Crippen LogP contribution in [0, 0.1) is 0 Å². The van der Waals surface area contributed by atoms with Crippen molar-refractivity contribution in [3.8, 4) is 28.9 Å². The predicted molar refractivity (Wildman–Crippen MR) is 123 cm³/mol. The van der Waals surface area contributed by atoms with Crippen LogP contribution in [0.3, 0.4) is 0 Å². The first-order valence-electron chi connectivity index (χ1n) is 11.0. The lowest BCUT2D eigenvalue weighted by Crippen LogP contribution is -2.14. The smallest absolute Gasteiger partial charge is 0.393 e. The Morgan fingerprint density at radius 1 is 1.06 bits per heavy atom. The zero-order chi connectivity index (χ0) is 25.2. The molecule has 10 heteroatoms. The maximum Gasteiger partial charge on any atom is 0.393 e. The van der Waals surface area contributed by atoms with Gasteiger partial charge in [-0.1, -0.05) is 30.4 Å². The Bertz CT molecular complexity index is 1240. The van der Waals surface area contributed by atoms with Crippen LogP contribution in [-0.2, 0) is 13.0 Å². The van der Waals surface area contributed by atoms with Gasteiger partial charge in [-0.15, -0.1) is 0 Å². The summed E-state index contributed by atoms with van der Waals surface area (Å²) in [4.78, 5) is 17.5. The molecule has 1 fully saturated rings. The number of hydrogen-bond donors (Lipinski definition) is 0. The van der Waals surface area contributed by atoms with Crippen molar-refractivity contribution < 1.29 is 27.4 Å². The second-order valence-electron chi connectivity index (χ2n) is 8.33. The highest BCUT2D eigenvalue weighted by Crippen LogP contribution is 2.45. The molecule has 7 nitrogen and oxygen atoms in total. The average molecular weight is 486 g/mol. The molecule has 184 valence electrons. The van der Waals surface area contributed by atoms with Crippen LogP contribution in [-0.4, -0.2) is 40.3 Å². The van der Waals surface area contributed by atoms with Gasteiger partial charge in [-0.2, -0.15) is 18.2 Å². The summed E-state index contributed by atoms with van der Waals surface area (Å²) < 4.78 is 56.3. The van der Waals surface area contributed by atoms with Gasteiger partial charge in [0, 0.05) is 5.92 Å². The van der Waals surface area contributed by atoms with E-state index in [-0.39, 0.29) is 35.5 Å². The van der Waals surface area contributed by atoms with Gasteiger partial charge in [0.05, 0.1) is 32.5 Å². The van der Waals surface area contributed by atoms with Gasteiger partial charge >= 0.3 is 6.18 Å². The molecule has 0 N–H and O–H groups in total. The van der Waals surface area contributed by atoms with Gasteiger partial charge in [0.1, 0.15) is 18.5 Å². The number of ether oxygens (including phenoxy) is 3. The van der Waals surface area contributed by atoms with E-state index in [2.05, 4.69) is 26.5 Å². The zero-order valence-electron chi connectivity index (χ0n) is 19.6. The number of nitrogens with zero attached hydrogens (tertiary/aromatic N) is 4. The number of aromatic nitrogens is 4. The molecule has 0 saturated heterocycles. The van der Waals surface area contributed by atoms with Crippen LogP contribution >= 0.6 is 0 Å². The molecule has 0 unspecified atom stereocenters. The van der Waals surface area contributed by atoms with E-state index in [9.17, 15) is 13.2 Å². The first-order chi connectivity index (χ1) is 16.7. The van der Waals surface area contributed by atoms with E-state index < -0.39 is 12.6 Å². The molecule has 0 aliphatic heterocycles. The molecule has 0 atom stereocenters. The number of methoxy groups -OCH3 is 2. The maximum absolute atomic E-state index is 13.2. The first-order valence-corrected chi connectivity index (χ1v) is 11.0. The van der Waals surface area contributed by atoms with Crippen LogP contribution in [0.2, 0.25) is 0 Å². The molecule has 1 aliphatic carbocycles. The lowest BCUT2D eigenvalue weighted by atomic mass is 9.98. The van der Waals surface area contributed by atoms with Crippen molar-refractivity contribution >= 4 is 5.57 Å². The Labute approximate surface area is 201 Å². The Morgan fingerprint density at radius 3 is 2.46 bits per heavy atom. The van der Waals surface area contributed by atoms with E-state index >= 15 is 0 Å². The molecule has 1 aromatic carbocycles. The highest BCUT2D eigenvalue weighted by Gasteiger charge is 2.32. The van der Waals surface area contributed by atoms with Gasteiger partial charge in [0.15, 0.2) is 11.6 Å². The Morgan fingerprint density at radius 2 is 1.83 bits per heavy atom. The van der Waals surface area contributed by atoms with Crippen molar-refractivity contribution in [2.75, 3.05) is 14.2 Å². The van der Waals surface area contributed by atoms with Gasteiger partial charge in [-0.3, -0.25) is 0 Å². The molecular weight excluding hydrogens is 461 g/mol. The lowest BCUT2D eigenvalue weighted by Gasteiger charge is -2.16. The fraction of sp³-hybridized carbons (Fsp3) is 0.360. The molecule has 1 aliphatic rings. The minimum absolute atomic E-state index is 0.0899. The fourth-order valence-corrected chi connectivity index (χ4v) is 3.69. The van der Waals surface area contributed by atoms with E-state index in [0.717, 1.165) is 18.5 Å². The molecule has 0 radical (unpaired) electrons. The van der Waals surface area contributed by atoms with E-state index in [1.54, 1.807) is 19.1 Å². The molecule has 0 spiro atoms. The zero-order valence-corrected chi connectivity index (χ0v) is 19.6. The number of allylic oxidation sites excluding steroid dienone is 1. The molecule has 4 rings (SSSR count). The Balaban J connectivity index is 1.68. The van der Waals surface area contributed by atoms with Crippen LogP contribution in [0.5, 0.6) is 17.5 Å². The monoisotopic (exact) mass is 486 g/mol. The standard InChI is InChI=1S/C25H25F3N4O3/c1-14(2)16-7-8-17(18(9-16)10-25(26,27)28)12-35-23-19(33-3)11-29-22(32-23)20-21(15-5-6-15)30-13-31-24(20)34-4/h7-9,11,13,15H,1,5-6,10,12H2,2-4H3. The SMILES string of the molecule is C=C(C)c1ccc(COc2nc(-c3c(OC)ncnc3C3CC3)ncc2OC)c(CC(F)(F)F)c1. The third-order valence-corrected chi connectivity index (χ3v) is 5.62. The second kappa shape index (κ2) is 9.89. The summed E-state index contributed by atoms with van der Waals surface area (Å²) >= 11 is 0. The summed E-state index contributed by atoms with van der Waals surface area (Å²) in [7, 11) is 2.93. The fourth-order valence-electron chi connectivity index (χ4n) is 3.69. The van der Waals surface area contributed by atoms with Crippen molar-refractivity contribution in [1.29, 1.82) is 0 Å². The summed E-state index contributed by atoms with van der Waals surface area (Å²) in [6.07, 6.45) is -0.577. The van der Waals surface area contributed by atoms with Crippen LogP contribution in [0.25, 0.3) is 17.0 Å². The van der Waals surface area contributed by atoms with Gasteiger partial charge in [0.25, 0.3) is 5.88 Å². The summed E-state index contributed by atoms with van der Waals surface area (Å²) in [5, 5.41) is 0. The van der Waals surface area contributed by atoms with Crippen molar-refractivity contribution in [3.63, 3.8) is 0 Å². The molecule has 2 aromatic heterocycles. The third kappa shape index (κ3) is 5.70. The highest BCUT2D eigenvalue weighted by molar-refractivity contribution is 5.66. The molecular formula is C25H25F3N4O3. The van der Waals surface area contributed by atoms with Gasteiger partial charge in [-0.25, -0.2) is 15.0 Å². The van der Waals surface area contributed by atoms with Crippen LogP contribution in [0.1, 0.15) is 48.1 Å². The molecule has 0 amide bonds. The maximum atomic E-state index is 13.2. The number of benzene rings is 1. The van der Waals surface area contributed by atoms with Crippen molar-refractivity contribution in [2.24, 2.45) is 0 Å². The van der Waals surface area contributed by atoms with Gasteiger partial charge < -0.3 is 14.2 Å². The quantitative estimate of drug-likeness (QED) is 0.393. The average Bonchev–Trinajstić information content (AvgIpc) is 3.67. The van der Waals surface area contributed by atoms with E-state index in [1.165, 1.54) is 32.8 Å². The summed E-state index contributed by atoms with van der Waals surface area (Å²) in [6.45, 7) is 5.42. The van der Waals surface area contributed by atoms with Gasteiger partial charge in [-0.05, 0) is 36.5 Å². The van der Waals surface area contributed by atoms with Crippen LogP contribution in [0.15, 0.2) is 37.3 Å². The van der Waals surface area contributed by atoms with Crippen molar-refractivity contribution in [2.45, 2.75) is 44.9 Å². The van der Waals surface area contributed by atoms with Gasteiger partial charge in [0.2, 0.25) is 5.88 Å². The van der Waals surface area contributed by atoms with Crippen molar-refractivity contribution in [1.82, 2.24) is 19.9 Å². The van der Waals surface area contributed by atoms with E-state index in [1.807, 2.05) is 0 Å². The largest absolute Gasteiger partial charge is 0.490 e. The molecule has 3 aromatic rings. The second-order valence-corrected chi connectivity index (χ2v) is 8.33. The Hall–Kier alpha value is -3.69. The first kappa shape index (κ1) is 24.4. The normalized spacial score (nSPS) is 13.4. The van der Waals surface area contributed by atoms with Crippen molar-refractivity contribution in [3.05, 3.63) is 59.7 Å². The van der Waals surface area contributed by atoms with E-state index in [0.29, 0.717) is 28.1 Å². The summed E-state index contributed by atoms with van der Waals surface area (Å²) in [5.74, 6) is 1.23. The van der Waals surface area contributed by atoms with Crippen LogP contribution in [0.4, 0.5) is 13.2 Å². The number of rotatable bonds is 9. The number of hydrogen-bond acceptors (Lipinski definition) is 7. The number of halogens is 3. The summed E-state index contributed by atoms with van der Waals surface area (Å²) in [6, 6.07) is 4.82. The predicted octanol–water partition coefficient (Wildman–Crippen LogP) is 5.55. The summed E-state index contributed by atoms with van der Waals surface area (Å²) in [5.41, 5.74) is 3.16. The minimum atomic E-state index is -4.37. The molecule has 0 bridgehead atoms. The number of alkyl halides is 3. The Kier molecular flexibility index (Phi) is 6.90. The van der Waals surface area contributed by atoms with E-state index in [4.69, 9.17) is 14.2 Å². The molecule has 2 heterocycles.